The van der Waals surface area contributed by atoms with E-state index in [9.17, 15) is 10.1 Å². The molecule has 0 heterocycles. The third-order valence-corrected chi connectivity index (χ3v) is 3.26. The molecule has 1 N–H and O–H groups in total. The number of aryl methyl sites for hydroxylation is 1. The van der Waals surface area contributed by atoms with E-state index in [1.165, 1.54) is 22.2 Å². The maximum absolute atomic E-state index is 12.3. The SMILES string of the molecule is C=CCN(CC=C)C(=O)/C(C#N)=C\NCCc1ccc(C)cc1. The van der Waals surface area contributed by atoms with Crippen molar-refractivity contribution in [2.75, 3.05) is 19.6 Å². The molecule has 4 heteroatoms. The Balaban J connectivity index is 2.58. The molecule has 0 unspecified atom stereocenters. The number of benzene rings is 1. The van der Waals surface area contributed by atoms with Crippen LogP contribution in [-0.2, 0) is 11.2 Å². The molecule has 120 valence electrons. The summed E-state index contributed by atoms with van der Waals surface area (Å²) in [6.45, 7) is 10.7. The van der Waals surface area contributed by atoms with Crippen molar-refractivity contribution in [2.24, 2.45) is 0 Å². The number of rotatable bonds is 9. The molecule has 0 aliphatic heterocycles. The summed E-state index contributed by atoms with van der Waals surface area (Å²) < 4.78 is 0. The monoisotopic (exact) mass is 309 g/mol. The third kappa shape index (κ3) is 6.23. The van der Waals surface area contributed by atoms with Gasteiger partial charge in [0.15, 0.2) is 0 Å². The molecule has 0 spiro atoms. The molecular formula is C19H23N3O. The lowest BCUT2D eigenvalue weighted by molar-refractivity contribution is -0.125. The summed E-state index contributed by atoms with van der Waals surface area (Å²) in [5.41, 5.74) is 2.52. The molecule has 1 rings (SSSR count). The second-order valence-electron chi connectivity index (χ2n) is 5.15. The van der Waals surface area contributed by atoms with Crippen molar-refractivity contribution in [1.82, 2.24) is 10.2 Å². The van der Waals surface area contributed by atoms with Crippen LogP contribution in [0.4, 0.5) is 0 Å². The lowest BCUT2D eigenvalue weighted by Crippen LogP contribution is -2.32. The molecule has 0 fully saturated rings. The summed E-state index contributed by atoms with van der Waals surface area (Å²) in [6, 6.07) is 10.2. The largest absolute Gasteiger partial charge is 0.389 e. The van der Waals surface area contributed by atoms with Crippen molar-refractivity contribution in [3.8, 4) is 6.07 Å². The fourth-order valence-electron chi connectivity index (χ4n) is 2.01. The molecule has 0 aliphatic carbocycles. The molecule has 0 saturated heterocycles. The molecule has 1 aromatic carbocycles. The van der Waals surface area contributed by atoms with Crippen molar-refractivity contribution in [3.63, 3.8) is 0 Å². The van der Waals surface area contributed by atoms with Gasteiger partial charge in [0, 0.05) is 25.8 Å². The van der Waals surface area contributed by atoms with Gasteiger partial charge in [-0.25, -0.2) is 0 Å². The highest BCUT2D eigenvalue weighted by atomic mass is 16.2. The summed E-state index contributed by atoms with van der Waals surface area (Å²) in [4.78, 5) is 13.8. The number of amides is 1. The van der Waals surface area contributed by atoms with Gasteiger partial charge in [0.25, 0.3) is 5.91 Å². The van der Waals surface area contributed by atoms with Crippen LogP contribution in [0.5, 0.6) is 0 Å². The van der Waals surface area contributed by atoms with Crippen LogP contribution in [0.1, 0.15) is 11.1 Å². The van der Waals surface area contributed by atoms with E-state index in [0.717, 1.165) is 6.42 Å². The number of nitrogens with zero attached hydrogens (tertiary/aromatic N) is 2. The van der Waals surface area contributed by atoms with E-state index in [1.807, 2.05) is 13.0 Å². The molecule has 0 radical (unpaired) electrons. The van der Waals surface area contributed by atoms with Crippen LogP contribution in [0, 0.1) is 18.3 Å². The number of nitrogens with one attached hydrogen (secondary N) is 1. The summed E-state index contributed by atoms with van der Waals surface area (Å²) >= 11 is 0. The minimum Gasteiger partial charge on any atom is -0.389 e. The van der Waals surface area contributed by atoms with Crippen molar-refractivity contribution in [1.29, 1.82) is 5.26 Å². The van der Waals surface area contributed by atoms with Crippen molar-refractivity contribution < 1.29 is 4.79 Å². The molecule has 4 nitrogen and oxygen atoms in total. The first kappa shape index (κ1) is 18.2. The molecule has 0 bridgehead atoms. The quantitative estimate of drug-likeness (QED) is 0.330. The van der Waals surface area contributed by atoms with Crippen LogP contribution >= 0.6 is 0 Å². The second kappa shape index (κ2) is 10.0. The maximum Gasteiger partial charge on any atom is 0.266 e. The minimum atomic E-state index is -0.324. The van der Waals surface area contributed by atoms with Crippen LogP contribution < -0.4 is 5.32 Å². The Bertz CT molecular complexity index is 598. The van der Waals surface area contributed by atoms with Gasteiger partial charge in [-0.3, -0.25) is 4.79 Å². The second-order valence-corrected chi connectivity index (χ2v) is 5.15. The Morgan fingerprint density at radius 1 is 1.26 bits per heavy atom. The Hall–Kier alpha value is -2.80. The van der Waals surface area contributed by atoms with Gasteiger partial charge >= 0.3 is 0 Å². The number of hydrogen-bond acceptors (Lipinski definition) is 3. The zero-order valence-corrected chi connectivity index (χ0v) is 13.6. The predicted octanol–water partition coefficient (Wildman–Crippen LogP) is 2.74. The van der Waals surface area contributed by atoms with Crippen molar-refractivity contribution >= 4 is 5.91 Å². The van der Waals surface area contributed by atoms with Gasteiger partial charge in [-0.15, -0.1) is 13.2 Å². The van der Waals surface area contributed by atoms with Gasteiger partial charge in [-0.05, 0) is 18.9 Å². The Kier molecular flexibility index (Phi) is 7.95. The van der Waals surface area contributed by atoms with Gasteiger partial charge in [0.2, 0.25) is 0 Å². The summed E-state index contributed by atoms with van der Waals surface area (Å²) in [5, 5.41) is 12.2. The van der Waals surface area contributed by atoms with Crippen LogP contribution in [-0.4, -0.2) is 30.4 Å². The number of nitriles is 1. The average Bonchev–Trinajstić information content (AvgIpc) is 2.56. The summed E-state index contributed by atoms with van der Waals surface area (Å²) in [6.07, 6.45) is 5.56. The zero-order valence-electron chi connectivity index (χ0n) is 13.6. The van der Waals surface area contributed by atoms with E-state index in [0.29, 0.717) is 19.6 Å². The molecule has 23 heavy (non-hydrogen) atoms. The summed E-state index contributed by atoms with van der Waals surface area (Å²) in [7, 11) is 0. The Morgan fingerprint density at radius 2 is 1.87 bits per heavy atom. The standard InChI is InChI=1S/C19H23N3O/c1-4-12-22(13-5-2)19(23)18(14-20)15-21-11-10-17-8-6-16(3)7-9-17/h4-9,15,21H,1-2,10-13H2,3H3/b18-15-. The van der Waals surface area contributed by atoms with Crippen molar-refractivity contribution in [2.45, 2.75) is 13.3 Å². The molecule has 0 aromatic heterocycles. The molecule has 0 atom stereocenters. The molecular weight excluding hydrogens is 286 g/mol. The average molecular weight is 309 g/mol. The van der Waals surface area contributed by atoms with E-state index in [2.05, 4.69) is 42.7 Å². The lowest BCUT2D eigenvalue weighted by atomic mass is 10.1. The molecule has 1 amide bonds. The number of carbonyl (C=O) groups is 1. The van der Waals surface area contributed by atoms with Gasteiger partial charge < -0.3 is 10.2 Å². The molecule has 0 saturated carbocycles. The van der Waals surface area contributed by atoms with Gasteiger partial charge in [0.1, 0.15) is 11.6 Å². The van der Waals surface area contributed by atoms with E-state index < -0.39 is 0 Å². The lowest BCUT2D eigenvalue weighted by Gasteiger charge is -2.18. The highest BCUT2D eigenvalue weighted by molar-refractivity contribution is 5.97. The minimum absolute atomic E-state index is 0.0811. The fourth-order valence-corrected chi connectivity index (χ4v) is 2.01. The normalized spacial score (nSPS) is 10.5. The van der Waals surface area contributed by atoms with Crippen LogP contribution in [0.3, 0.4) is 0 Å². The highest BCUT2D eigenvalue weighted by Crippen LogP contribution is 2.04. The topological polar surface area (TPSA) is 56.1 Å². The van der Waals surface area contributed by atoms with Crippen LogP contribution in [0.2, 0.25) is 0 Å². The van der Waals surface area contributed by atoms with Gasteiger partial charge in [-0.2, -0.15) is 5.26 Å². The maximum atomic E-state index is 12.3. The van der Waals surface area contributed by atoms with Crippen LogP contribution in [0.15, 0.2) is 61.3 Å². The van der Waals surface area contributed by atoms with E-state index in [1.54, 1.807) is 12.2 Å². The fraction of sp³-hybridized carbons (Fsp3) is 0.263. The van der Waals surface area contributed by atoms with Gasteiger partial charge in [0.05, 0.1) is 0 Å². The van der Waals surface area contributed by atoms with E-state index >= 15 is 0 Å². The Morgan fingerprint density at radius 3 is 2.39 bits per heavy atom. The first-order chi connectivity index (χ1) is 11.1. The highest BCUT2D eigenvalue weighted by Gasteiger charge is 2.15. The molecule has 0 aliphatic rings. The molecule has 1 aromatic rings. The first-order valence-electron chi connectivity index (χ1n) is 7.52. The van der Waals surface area contributed by atoms with E-state index in [-0.39, 0.29) is 11.5 Å². The number of carbonyl (C=O) groups excluding carboxylic acids is 1. The number of hydrogen-bond donors (Lipinski definition) is 1. The van der Waals surface area contributed by atoms with E-state index in [4.69, 9.17) is 0 Å². The van der Waals surface area contributed by atoms with Gasteiger partial charge in [-0.1, -0.05) is 42.0 Å². The first-order valence-corrected chi connectivity index (χ1v) is 7.52. The summed E-state index contributed by atoms with van der Waals surface area (Å²) in [5.74, 6) is -0.324. The predicted molar refractivity (Wildman–Crippen MR) is 93.6 cm³/mol. The van der Waals surface area contributed by atoms with Crippen LogP contribution in [0.25, 0.3) is 0 Å². The zero-order chi connectivity index (χ0) is 17.1. The van der Waals surface area contributed by atoms with Crippen molar-refractivity contribution in [3.05, 3.63) is 72.5 Å². The third-order valence-electron chi connectivity index (χ3n) is 3.26. The Labute approximate surface area is 138 Å². The smallest absolute Gasteiger partial charge is 0.266 e.